The number of carbonyl (C=O) groups is 1. The van der Waals surface area contributed by atoms with E-state index in [1.807, 2.05) is 54.6 Å². The van der Waals surface area contributed by atoms with Crippen molar-refractivity contribution in [2.24, 2.45) is 5.92 Å². The Balaban J connectivity index is 1.77. The van der Waals surface area contributed by atoms with Gasteiger partial charge in [0, 0.05) is 28.0 Å². The average molecular weight is 365 g/mol. The Morgan fingerprint density at radius 3 is 2.62 bits per heavy atom. The molecule has 132 valence electrons. The predicted molar refractivity (Wildman–Crippen MR) is 107 cm³/mol. The van der Waals surface area contributed by atoms with Gasteiger partial charge in [-0.25, -0.2) is 4.98 Å². The molecule has 4 heteroatoms. The maximum atomic E-state index is 13.1. The van der Waals surface area contributed by atoms with Crippen LogP contribution in [0.5, 0.6) is 0 Å². The van der Waals surface area contributed by atoms with E-state index in [1.54, 1.807) is 0 Å². The molecule has 2 heterocycles. The highest BCUT2D eigenvalue weighted by Crippen LogP contribution is 2.29. The fraction of sp³-hybridized carbons (Fsp3) is 0.273. The molecule has 1 fully saturated rings. The highest BCUT2D eigenvalue weighted by molar-refractivity contribution is 6.31. The molecule has 0 saturated carbocycles. The molecule has 3 nitrogen and oxygen atoms in total. The second-order valence-electron chi connectivity index (χ2n) is 6.90. The van der Waals surface area contributed by atoms with Gasteiger partial charge in [-0.05, 0) is 56.1 Å². The van der Waals surface area contributed by atoms with Crippen molar-refractivity contribution in [3.63, 3.8) is 0 Å². The van der Waals surface area contributed by atoms with Crippen molar-refractivity contribution >= 4 is 28.3 Å². The number of piperidine rings is 1. The van der Waals surface area contributed by atoms with E-state index >= 15 is 0 Å². The standard InChI is InChI=1S/C22H21ClN2O/c23-17-6-7-20-18(13-17)19(22(26)12-15-8-10-24-11-9-15)14-21(25-20)16-4-2-1-3-5-16/h1-7,13-15,24H,8-12H2. The van der Waals surface area contributed by atoms with E-state index in [0.717, 1.165) is 53.7 Å². The van der Waals surface area contributed by atoms with Gasteiger partial charge in [-0.3, -0.25) is 4.79 Å². The summed E-state index contributed by atoms with van der Waals surface area (Å²) in [4.78, 5) is 17.9. The van der Waals surface area contributed by atoms with Crippen LogP contribution in [-0.4, -0.2) is 23.9 Å². The topological polar surface area (TPSA) is 42.0 Å². The van der Waals surface area contributed by atoms with E-state index in [0.29, 0.717) is 17.4 Å². The molecule has 3 aromatic rings. The average Bonchev–Trinajstić information content (AvgIpc) is 2.68. The molecule has 0 spiro atoms. The largest absolute Gasteiger partial charge is 0.317 e. The first kappa shape index (κ1) is 17.2. The summed E-state index contributed by atoms with van der Waals surface area (Å²) in [5.74, 6) is 0.634. The van der Waals surface area contributed by atoms with Gasteiger partial charge in [0.1, 0.15) is 0 Å². The van der Waals surface area contributed by atoms with Crippen LogP contribution in [0.3, 0.4) is 0 Å². The first-order valence-electron chi connectivity index (χ1n) is 9.10. The van der Waals surface area contributed by atoms with Crippen LogP contribution in [0.2, 0.25) is 5.02 Å². The van der Waals surface area contributed by atoms with E-state index < -0.39 is 0 Å². The number of hydrogen-bond acceptors (Lipinski definition) is 3. The molecule has 1 aromatic heterocycles. The number of hydrogen-bond donors (Lipinski definition) is 1. The van der Waals surface area contributed by atoms with E-state index in [-0.39, 0.29) is 5.78 Å². The molecule has 0 unspecified atom stereocenters. The minimum atomic E-state index is 0.184. The van der Waals surface area contributed by atoms with Crippen molar-refractivity contribution < 1.29 is 4.79 Å². The lowest BCUT2D eigenvalue weighted by atomic mass is 9.89. The lowest BCUT2D eigenvalue weighted by Gasteiger charge is -2.22. The second-order valence-corrected chi connectivity index (χ2v) is 7.34. The van der Waals surface area contributed by atoms with Crippen LogP contribution in [0.1, 0.15) is 29.6 Å². The van der Waals surface area contributed by atoms with Crippen molar-refractivity contribution in [1.29, 1.82) is 0 Å². The molecule has 4 rings (SSSR count). The molecule has 26 heavy (non-hydrogen) atoms. The van der Waals surface area contributed by atoms with E-state index in [2.05, 4.69) is 5.32 Å². The number of aromatic nitrogens is 1. The first-order valence-corrected chi connectivity index (χ1v) is 9.48. The van der Waals surface area contributed by atoms with Gasteiger partial charge in [-0.2, -0.15) is 0 Å². The van der Waals surface area contributed by atoms with Gasteiger partial charge in [-0.15, -0.1) is 0 Å². The second kappa shape index (κ2) is 7.56. The number of fused-ring (bicyclic) bond motifs is 1. The van der Waals surface area contributed by atoms with Gasteiger partial charge < -0.3 is 5.32 Å². The number of nitrogens with zero attached hydrogens (tertiary/aromatic N) is 1. The third kappa shape index (κ3) is 3.64. The minimum Gasteiger partial charge on any atom is -0.317 e. The van der Waals surface area contributed by atoms with Crippen LogP contribution in [-0.2, 0) is 0 Å². The molecule has 0 atom stereocenters. The van der Waals surface area contributed by atoms with Gasteiger partial charge in [-0.1, -0.05) is 41.9 Å². The normalized spacial score (nSPS) is 15.3. The Morgan fingerprint density at radius 2 is 1.85 bits per heavy atom. The number of ketones is 1. The third-order valence-corrected chi connectivity index (χ3v) is 5.31. The van der Waals surface area contributed by atoms with Gasteiger partial charge in [0.25, 0.3) is 0 Å². The summed E-state index contributed by atoms with van der Waals surface area (Å²) in [6.07, 6.45) is 2.70. The van der Waals surface area contributed by atoms with Crippen molar-refractivity contribution in [2.75, 3.05) is 13.1 Å². The molecule has 0 amide bonds. The van der Waals surface area contributed by atoms with Gasteiger partial charge in [0.2, 0.25) is 0 Å². The van der Waals surface area contributed by atoms with Crippen LogP contribution < -0.4 is 5.32 Å². The summed E-state index contributed by atoms with van der Waals surface area (Å²) < 4.78 is 0. The van der Waals surface area contributed by atoms with Gasteiger partial charge in [0.05, 0.1) is 11.2 Å². The van der Waals surface area contributed by atoms with Crippen molar-refractivity contribution in [3.8, 4) is 11.3 Å². The van der Waals surface area contributed by atoms with Crippen LogP contribution in [0.4, 0.5) is 0 Å². The maximum Gasteiger partial charge on any atom is 0.163 e. The fourth-order valence-corrected chi connectivity index (χ4v) is 3.82. The fourth-order valence-electron chi connectivity index (χ4n) is 3.64. The van der Waals surface area contributed by atoms with Crippen LogP contribution in [0.15, 0.2) is 54.6 Å². The number of carbonyl (C=O) groups excluding carboxylic acids is 1. The number of benzene rings is 2. The van der Waals surface area contributed by atoms with Crippen LogP contribution in [0.25, 0.3) is 22.2 Å². The Bertz CT molecular complexity index is 934. The van der Waals surface area contributed by atoms with Crippen molar-refractivity contribution in [1.82, 2.24) is 10.3 Å². The number of Topliss-reactive ketones (excluding diaryl/α,β-unsaturated/α-hetero) is 1. The summed E-state index contributed by atoms with van der Waals surface area (Å²) >= 11 is 6.20. The lowest BCUT2D eigenvalue weighted by Crippen LogP contribution is -2.29. The van der Waals surface area contributed by atoms with E-state index in [4.69, 9.17) is 16.6 Å². The van der Waals surface area contributed by atoms with Gasteiger partial charge >= 0.3 is 0 Å². The quantitative estimate of drug-likeness (QED) is 0.653. The molecule has 0 bridgehead atoms. The summed E-state index contributed by atoms with van der Waals surface area (Å²) in [6, 6.07) is 17.5. The Labute approximate surface area is 158 Å². The minimum absolute atomic E-state index is 0.184. The summed E-state index contributed by atoms with van der Waals surface area (Å²) in [5, 5.41) is 4.83. The van der Waals surface area contributed by atoms with Crippen molar-refractivity contribution in [3.05, 3.63) is 65.2 Å². The highest BCUT2D eigenvalue weighted by atomic mass is 35.5. The SMILES string of the molecule is O=C(CC1CCNCC1)c1cc(-c2ccccc2)nc2ccc(Cl)cc12. The zero-order valence-electron chi connectivity index (χ0n) is 14.5. The first-order chi connectivity index (χ1) is 12.7. The maximum absolute atomic E-state index is 13.1. The van der Waals surface area contributed by atoms with Crippen LogP contribution >= 0.6 is 11.6 Å². The highest BCUT2D eigenvalue weighted by Gasteiger charge is 2.20. The molecule has 1 aliphatic rings. The Hall–Kier alpha value is -2.23. The summed E-state index contributed by atoms with van der Waals surface area (Å²) in [7, 11) is 0. The molecule has 1 saturated heterocycles. The molecule has 1 N–H and O–H groups in total. The summed E-state index contributed by atoms with van der Waals surface area (Å²) in [5.41, 5.74) is 3.38. The molecular formula is C22H21ClN2O. The number of nitrogens with one attached hydrogen (secondary N) is 1. The van der Waals surface area contributed by atoms with Crippen LogP contribution in [0, 0.1) is 5.92 Å². The molecule has 2 aromatic carbocycles. The smallest absolute Gasteiger partial charge is 0.163 e. The van der Waals surface area contributed by atoms with E-state index in [9.17, 15) is 4.79 Å². The number of halogens is 1. The Kier molecular flexibility index (Phi) is 5.00. The zero-order chi connectivity index (χ0) is 17.9. The molecule has 0 radical (unpaired) electrons. The Morgan fingerprint density at radius 1 is 1.08 bits per heavy atom. The van der Waals surface area contributed by atoms with Crippen molar-refractivity contribution in [2.45, 2.75) is 19.3 Å². The van der Waals surface area contributed by atoms with E-state index in [1.165, 1.54) is 0 Å². The monoisotopic (exact) mass is 364 g/mol. The zero-order valence-corrected chi connectivity index (χ0v) is 15.3. The summed E-state index contributed by atoms with van der Waals surface area (Å²) in [6.45, 7) is 1.99. The molecule has 1 aliphatic heterocycles. The number of rotatable bonds is 4. The third-order valence-electron chi connectivity index (χ3n) is 5.07. The lowest BCUT2D eigenvalue weighted by molar-refractivity contribution is 0.0954. The molecular weight excluding hydrogens is 344 g/mol. The predicted octanol–water partition coefficient (Wildman–Crippen LogP) is 5.13. The number of pyridine rings is 1. The van der Waals surface area contributed by atoms with Gasteiger partial charge in [0.15, 0.2) is 5.78 Å². The molecule has 0 aliphatic carbocycles.